The summed E-state index contributed by atoms with van der Waals surface area (Å²) in [6.07, 6.45) is 6.30. The fourth-order valence-electron chi connectivity index (χ4n) is 3.19. The number of rotatable bonds is 8. The lowest BCUT2D eigenvalue weighted by atomic mass is 9.96. The maximum absolute atomic E-state index is 12.5. The molecule has 1 unspecified atom stereocenters. The lowest BCUT2D eigenvalue weighted by Crippen LogP contribution is -2.43. The van der Waals surface area contributed by atoms with E-state index in [4.69, 9.17) is 5.73 Å². The third kappa shape index (κ3) is 8.91. The van der Waals surface area contributed by atoms with Crippen molar-refractivity contribution in [2.45, 2.75) is 51.9 Å². The Labute approximate surface area is 174 Å². The summed E-state index contributed by atoms with van der Waals surface area (Å²) in [6, 6.07) is 5.56. The van der Waals surface area contributed by atoms with E-state index in [2.05, 4.69) is 10.3 Å². The fraction of sp³-hybridized carbons (Fsp3) is 0.632. The SMILES string of the molecule is Cc1cccc(NC(=O)C2CCCN(C(=O)CCCCCCN)C2)n1.Cl.Cl. The number of aromatic nitrogens is 1. The maximum atomic E-state index is 12.5. The van der Waals surface area contributed by atoms with Gasteiger partial charge in [-0.2, -0.15) is 0 Å². The number of hydrogen-bond acceptors (Lipinski definition) is 4. The van der Waals surface area contributed by atoms with E-state index >= 15 is 0 Å². The van der Waals surface area contributed by atoms with Gasteiger partial charge < -0.3 is 16.0 Å². The van der Waals surface area contributed by atoms with Gasteiger partial charge in [-0.3, -0.25) is 9.59 Å². The predicted octanol–water partition coefficient (Wildman–Crippen LogP) is 3.32. The van der Waals surface area contributed by atoms with E-state index in [-0.39, 0.29) is 42.5 Å². The van der Waals surface area contributed by atoms with Gasteiger partial charge in [0, 0.05) is 25.2 Å². The van der Waals surface area contributed by atoms with Crippen LogP contribution in [0.15, 0.2) is 18.2 Å². The van der Waals surface area contributed by atoms with Gasteiger partial charge >= 0.3 is 0 Å². The lowest BCUT2D eigenvalue weighted by Gasteiger charge is -2.32. The van der Waals surface area contributed by atoms with Crippen molar-refractivity contribution in [2.24, 2.45) is 11.7 Å². The van der Waals surface area contributed by atoms with Crippen LogP contribution in [0.2, 0.25) is 0 Å². The summed E-state index contributed by atoms with van der Waals surface area (Å²) in [4.78, 5) is 31.0. The first-order valence-corrected chi connectivity index (χ1v) is 9.32. The third-order valence-corrected chi connectivity index (χ3v) is 4.63. The molecule has 1 atom stereocenters. The van der Waals surface area contributed by atoms with Gasteiger partial charge in [-0.15, -0.1) is 24.8 Å². The molecule has 154 valence electrons. The number of aryl methyl sites for hydroxylation is 1. The van der Waals surface area contributed by atoms with Crippen molar-refractivity contribution in [2.75, 3.05) is 25.0 Å². The lowest BCUT2D eigenvalue weighted by molar-refractivity contribution is -0.134. The Balaban J connectivity index is 0.00000338. The van der Waals surface area contributed by atoms with E-state index < -0.39 is 0 Å². The van der Waals surface area contributed by atoms with E-state index in [0.29, 0.717) is 25.3 Å². The molecule has 0 bridgehead atoms. The monoisotopic (exact) mass is 418 g/mol. The van der Waals surface area contributed by atoms with Gasteiger partial charge in [0.2, 0.25) is 11.8 Å². The highest BCUT2D eigenvalue weighted by Gasteiger charge is 2.28. The molecule has 1 aliphatic rings. The van der Waals surface area contributed by atoms with Crippen molar-refractivity contribution in [1.82, 2.24) is 9.88 Å². The van der Waals surface area contributed by atoms with E-state index in [1.165, 1.54) is 0 Å². The largest absolute Gasteiger partial charge is 0.342 e. The minimum Gasteiger partial charge on any atom is -0.342 e. The molecule has 1 aromatic heterocycles. The smallest absolute Gasteiger partial charge is 0.230 e. The number of anilines is 1. The molecule has 0 aromatic carbocycles. The molecule has 0 aliphatic carbocycles. The van der Waals surface area contributed by atoms with Crippen molar-refractivity contribution in [1.29, 1.82) is 0 Å². The topological polar surface area (TPSA) is 88.3 Å². The fourth-order valence-corrected chi connectivity index (χ4v) is 3.19. The summed E-state index contributed by atoms with van der Waals surface area (Å²) in [5.74, 6) is 0.545. The Morgan fingerprint density at radius 2 is 1.96 bits per heavy atom. The number of pyridine rings is 1. The van der Waals surface area contributed by atoms with Gasteiger partial charge in [0.15, 0.2) is 0 Å². The molecule has 8 heteroatoms. The van der Waals surface area contributed by atoms with E-state index in [9.17, 15) is 9.59 Å². The van der Waals surface area contributed by atoms with Crippen LogP contribution in [-0.4, -0.2) is 41.3 Å². The number of nitrogens with two attached hydrogens (primary N) is 1. The number of piperidine rings is 1. The summed E-state index contributed by atoms with van der Waals surface area (Å²) >= 11 is 0. The molecule has 0 radical (unpaired) electrons. The Morgan fingerprint density at radius 1 is 1.22 bits per heavy atom. The zero-order valence-corrected chi connectivity index (χ0v) is 17.6. The van der Waals surface area contributed by atoms with Crippen LogP contribution < -0.4 is 11.1 Å². The molecule has 1 saturated heterocycles. The molecule has 3 N–H and O–H groups in total. The van der Waals surface area contributed by atoms with Gasteiger partial charge in [-0.25, -0.2) is 4.98 Å². The molecule has 1 aromatic rings. The molecule has 27 heavy (non-hydrogen) atoms. The highest BCUT2D eigenvalue weighted by Crippen LogP contribution is 2.20. The van der Waals surface area contributed by atoms with Crippen molar-refractivity contribution < 1.29 is 9.59 Å². The van der Waals surface area contributed by atoms with Crippen LogP contribution in [0.25, 0.3) is 0 Å². The highest BCUT2D eigenvalue weighted by molar-refractivity contribution is 5.92. The number of nitrogens with one attached hydrogen (secondary N) is 1. The van der Waals surface area contributed by atoms with Crippen LogP contribution in [0.5, 0.6) is 0 Å². The molecular formula is C19H32Cl2N4O2. The summed E-state index contributed by atoms with van der Waals surface area (Å²) in [5, 5.41) is 2.88. The average Bonchev–Trinajstić information content (AvgIpc) is 2.61. The van der Waals surface area contributed by atoms with Crippen LogP contribution in [0.4, 0.5) is 5.82 Å². The minimum atomic E-state index is -0.155. The number of likely N-dealkylation sites (tertiary alicyclic amines) is 1. The molecule has 0 saturated carbocycles. The maximum Gasteiger partial charge on any atom is 0.230 e. The Kier molecular flexibility index (Phi) is 13.0. The van der Waals surface area contributed by atoms with Gasteiger partial charge in [0.25, 0.3) is 0 Å². The van der Waals surface area contributed by atoms with Crippen LogP contribution in [0, 0.1) is 12.8 Å². The quantitative estimate of drug-likeness (QED) is 0.633. The molecule has 1 fully saturated rings. The first-order valence-electron chi connectivity index (χ1n) is 9.32. The average molecular weight is 419 g/mol. The van der Waals surface area contributed by atoms with E-state index in [0.717, 1.165) is 50.8 Å². The third-order valence-electron chi connectivity index (χ3n) is 4.63. The van der Waals surface area contributed by atoms with Crippen molar-refractivity contribution in [3.63, 3.8) is 0 Å². The summed E-state index contributed by atoms with van der Waals surface area (Å²) in [5.41, 5.74) is 6.35. The molecule has 2 rings (SSSR count). The minimum absolute atomic E-state index is 0. The molecule has 0 spiro atoms. The van der Waals surface area contributed by atoms with Gasteiger partial charge in [-0.05, 0) is 51.3 Å². The number of carbonyl (C=O) groups excluding carboxylic acids is 2. The molecule has 2 amide bonds. The zero-order chi connectivity index (χ0) is 18.1. The van der Waals surface area contributed by atoms with Crippen LogP contribution in [0.1, 0.15) is 50.6 Å². The number of amides is 2. The number of unbranched alkanes of at least 4 members (excludes halogenated alkanes) is 3. The summed E-state index contributed by atoms with van der Waals surface area (Å²) < 4.78 is 0. The normalized spacial score (nSPS) is 16.1. The predicted molar refractivity (Wildman–Crippen MR) is 114 cm³/mol. The Bertz CT molecular complexity index is 587. The second-order valence-electron chi connectivity index (χ2n) is 6.79. The van der Waals surface area contributed by atoms with Gasteiger partial charge in [0.1, 0.15) is 5.82 Å². The number of carbonyl (C=O) groups is 2. The van der Waals surface area contributed by atoms with Gasteiger partial charge in [-0.1, -0.05) is 18.9 Å². The van der Waals surface area contributed by atoms with Gasteiger partial charge in [0.05, 0.1) is 5.92 Å². The second kappa shape index (κ2) is 13.7. The summed E-state index contributed by atoms with van der Waals surface area (Å²) in [6.45, 7) is 3.88. The van der Waals surface area contributed by atoms with E-state index in [1.54, 1.807) is 6.07 Å². The van der Waals surface area contributed by atoms with Crippen molar-refractivity contribution in [3.8, 4) is 0 Å². The number of nitrogens with zero attached hydrogens (tertiary/aromatic N) is 2. The van der Waals surface area contributed by atoms with Crippen LogP contribution in [0.3, 0.4) is 0 Å². The molecule has 1 aliphatic heterocycles. The second-order valence-corrected chi connectivity index (χ2v) is 6.79. The first-order chi connectivity index (χ1) is 12.1. The van der Waals surface area contributed by atoms with Crippen molar-refractivity contribution >= 4 is 42.4 Å². The molecule has 6 nitrogen and oxygen atoms in total. The highest BCUT2D eigenvalue weighted by atomic mass is 35.5. The summed E-state index contributed by atoms with van der Waals surface area (Å²) in [7, 11) is 0. The van der Waals surface area contributed by atoms with E-state index in [1.807, 2.05) is 24.0 Å². The zero-order valence-electron chi connectivity index (χ0n) is 16.0. The first kappa shape index (κ1) is 25.6. The van der Waals surface area contributed by atoms with Crippen molar-refractivity contribution in [3.05, 3.63) is 23.9 Å². The standard InChI is InChI=1S/C19H30N4O2.2ClH/c1-15-8-6-10-17(21-15)22-19(25)16-9-7-13-23(14-16)18(24)11-4-2-3-5-12-20;;/h6,8,10,16H,2-5,7,9,11-14,20H2,1H3,(H,21,22,25);2*1H. The van der Waals surface area contributed by atoms with Crippen LogP contribution >= 0.6 is 24.8 Å². The Hall–Kier alpha value is -1.37. The number of hydrogen-bond donors (Lipinski definition) is 2. The molecular weight excluding hydrogens is 387 g/mol. The number of halogens is 2. The van der Waals surface area contributed by atoms with Crippen LogP contribution in [-0.2, 0) is 9.59 Å². The molecule has 2 heterocycles. The Morgan fingerprint density at radius 3 is 2.67 bits per heavy atom.